The summed E-state index contributed by atoms with van der Waals surface area (Å²) in [6.07, 6.45) is 1.64. The van der Waals surface area contributed by atoms with Crippen molar-refractivity contribution in [3.8, 4) is 0 Å². The van der Waals surface area contributed by atoms with Crippen LogP contribution in [-0.2, 0) is 16.0 Å². The van der Waals surface area contributed by atoms with Gasteiger partial charge in [0, 0.05) is 19.5 Å². The first-order valence-electron chi connectivity index (χ1n) is 9.42. The minimum atomic E-state index is -0.676. The Bertz CT molecular complexity index is 728. The van der Waals surface area contributed by atoms with Gasteiger partial charge in [0.15, 0.2) is 0 Å². The molecule has 27 heavy (non-hydrogen) atoms. The summed E-state index contributed by atoms with van der Waals surface area (Å²) in [4.78, 5) is 27.0. The van der Waals surface area contributed by atoms with E-state index in [1.807, 2.05) is 44.2 Å². The van der Waals surface area contributed by atoms with Gasteiger partial charge in [-0.3, -0.25) is 9.59 Å². The second kappa shape index (κ2) is 10.5. The molecule has 2 rings (SSSR count). The lowest BCUT2D eigenvalue weighted by Crippen LogP contribution is -2.42. The summed E-state index contributed by atoms with van der Waals surface area (Å²) in [6, 6.07) is 14.9. The Morgan fingerprint density at radius 2 is 1.63 bits per heavy atom. The molecule has 0 spiro atoms. The Balaban J connectivity index is 1.98. The minimum Gasteiger partial charge on any atom is -0.341 e. The number of halogens is 1. The van der Waals surface area contributed by atoms with Crippen LogP contribution < -0.4 is 5.32 Å². The van der Waals surface area contributed by atoms with Gasteiger partial charge in [-0.05, 0) is 49.9 Å². The van der Waals surface area contributed by atoms with Crippen LogP contribution >= 0.6 is 0 Å². The fourth-order valence-corrected chi connectivity index (χ4v) is 2.99. The molecular weight excluding hydrogens is 343 g/mol. The molecule has 0 heterocycles. The summed E-state index contributed by atoms with van der Waals surface area (Å²) >= 11 is 0. The highest BCUT2D eigenvalue weighted by molar-refractivity contribution is 5.88. The van der Waals surface area contributed by atoms with Crippen molar-refractivity contribution in [2.75, 3.05) is 13.1 Å². The number of nitrogens with zero attached hydrogens (tertiary/aromatic N) is 1. The normalized spacial score (nSPS) is 11.7. The number of amides is 2. The summed E-state index contributed by atoms with van der Waals surface area (Å²) in [5, 5.41) is 2.89. The van der Waals surface area contributed by atoms with Crippen LogP contribution in [0, 0.1) is 5.82 Å². The molecule has 0 aliphatic carbocycles. The molecule has 0 saturated heterocycles. The van der Waals surface area contributed by atoms with Gasteiger partial charge >= 0.3 is 0 Å². The molecule has 2 aromatic carbocycles. The van der Waals surface area contributed by atoms with Crippen LogP contribution in [0.3, 0.4) is 0 Å². The number of likely N-dealkylation sites (N-methyl/N-ethyl adjacent to an activating group) is 1. The van der Waals surface area contributed by atoms with Crippen molar-refractivity contribution in [2.24, 2.45) is 0 Å². The molecule has 5 heteroatoms. The summed E-state index contributed by atoms with van der Waals surface area (Å²) in [6.45, 7) is 5.04. The minimum absolute atomic E-state index is 0.0990. The zero-order chi connectivity index (χ0) is 19.6. The van der Waals surface area contributed by atoms with E-state index in [2.05, 4.69) is 5.32 Å². The maximum absolute atomic E-state index is 12.9. The highest BCUT2D eigenvalue weighted by atomic mass is 19.1. The maximum atomic E-state index is 12.9. The summed E-state index contributed by atoms with van der Waals surface area (Å²) in [7, 11) is 0. The summed E-state index contributed by atoms with van der Waals surface area (Å²) < 4.78 is 12.9. The van der Waals surface area contributed by atoms with Gasteiger partial charge in [0.1, 0.15) is 11.9 Å². The standard InChI is InChI=1S/C22H27FN2O2/c1-3-25(4-2)22(27)21(18-10-6-5-7-11-18)24-20(26)12-8-9-17-13-15-19(23)16-14-17/h5-7,10-11,13-16,21H,3-4,8-9,12H2,1-2H3,(H,24,26)/t21-/m0/s1. The van der Waals surface area contributed by atoms with E-state index in [4.69, 9.17) is 0 Å². The van der Waals surface area contributed by atoms with E-state index in [1.165, 1.54) is 12.1 Å². The lowest BCUT2D eigenvalue weighted by Gasteiger charge is -2.26. The fraction of sp³-hybridized carbons (Fsp3) is 0.364. The number of rotatable bonds is 9. The molecule has 0 aromatic heterocycles. The van der Waals surface area contributed by atoms with Crippen molar-refractivity contribution >= 4 is 11.8 Å². The second-order valence-corrected chi connectivity index (χ2v) is 6.40. The fourth-order valence-electron chi connectivity index (χ4n) is 2.99. The molecule has 4 nitrogen and oxygen atoms in total. The molecule has 2 aromatic rings. The predicted molar refractivity (Wildman–Crippen MR) is 105 cm³/mol. The van der Waals surface area contributed by atoms with Crippen molar-refractivity contribution in [2.45, 2.75) is 39.2 Å². The van der Waals surface area contributed by atoms with E-state index in [0.29, 0.717) is 32.4 Å². The number of nitrogens with one attached hydrogen (secondary N) is 1. The van der Waals surface area contributed by atoms with Crippen LogP contribution in [0.2, 0.25) is 0 Å². The highest BCUT2D eigenvalue weighted by Crippen LogP contribution is 2.17. The van der Waals surface area contributed by atoms with Crippen LogP contribution in [0.4, 0.5) is 4.39 Å². The average Bonchev–Trinajstić information content (AvgIpc) is 2.69. The van der Waals surface area contributed by atoms with Crippen LogP contribution in [0.5, 0.6) is 0 Å². The van der Waals surface area contributed by atoms with Gasteiger partial charge in [0.05, 0.1) is 0 Å². The van der Waals surface area contributed by atoms with Gasteiger partial charge in [0.25, 0.3) is 0 Å². The molecule has 0 saturated carbocycles. The SMILES string of the molecule is CCN(CC)C(=O)[C@@H](NC(=O)CCCc1ccc(F)cc1)c1ccccc1. The first-order chi connectivity index (χ1) is 13.0. The van der Waals surface area contributed by atoms with Gasteiger partial charge in [0.2, 0.25) is 11.8 Å². The first-order valence-corrected chi connectivity index (χ1v) is 9.42. The molecule has 0 aliphatic rings. The topological polar surface area (TPSA) is 49.4 Å². The first kappa shape index (κ1) is 20.6. The Labute approximate surface area is 160 Å². The Morgan fingerprint density at radius 1 is 1.00 bits per heavy atom. The molecule has 144 valence electrons. The second-order valence-electron chi connectivity index (χ2n) is 6.40. The van der Waals surface area contributed by atoms with Crippen LogP contribution in [0.1, 0.15) is 43.9 Å². The van der Waals surface area contributed by atoms with E-state index < -0.39 is 6.04 Å². The molecule has 1 N–H and O–H groups in total. The van der Waals surface area contributed by atoms with E-state index in [1.54, 1.807) is 17.0 Å². The van der Waals surface area contributed by atoms with Crippen molar-refractivity contribution in [1.29, 1.82) is 0 Å². The summed E-state index contributed by atoms with van der Waals surface area (Å²) in [5.41, 5.74) is 1.77. The average molecular weight is 370 g/mol. The van der Waals surface area contributed by atoms with Gasteiger partial charge in [-0.15, -0.1) is 0 Å². The number of hydrogen-bond donors (Lipinski definition) is 1. The van der Waals surface area contributed by atoms with Crippen molar-refractivity contribution in [1.82, 2.24) is 10.2 Å². The van der Waals surface area contributed by atoms with Crippen molar-refractivity contribution < 1.29 is 14.0 Å². The van der Waals surface area contributed by atoms with Crippen LogP contribution in [-0.4, -0.2) is 29.8 Å². The molecule has 1 atom stereocenters. The number of aryl methyl sites for hydroxylation is 1. The van der Waals surface area contributed by atoms with E-state index in [-0.39, 0.29) is 17.6 Å². The Kier molecular flexibility index (Phi) is 7.99. The van der Waals surface area contributed by atoms with Gasteiger partial charge < -0.3 is 10.2 Å². The van der Waals surface area contributed by atoms with Crippen molar-refractivity contribution in [3.05, 3.63) is 71.5 Å². The zero-order valence-corrected chi connectivity index (χ0v) is 16.0. The Hall–Kier alpha value is -2.69. The molecule has 2 amide bonds. The zero-order valence-electron chi connectivity index (χ0n) is 16.0. The van der Waals surface area contributed by atoms with Crippen molar-refractivity contribution in [3.63, 3.8) is 0 Å². The Morgan fingerprint density at radius 3 is 2.22 bits per heavy atom. The van der Waals surface area contributed by atoms with Gasteiger partial charge in [-0.25, -0.2) is 4.39 Å². The molecule has 0 radical (unpaired) electrons. The molecular formula is C22H27FN2O2. The molecule has 0 aliphatic heterocycles. The number of benzene rings is 2. The monoisotopic (exact) mass is 370 g/mol. The molecule has 0 unspecified atom stereocenters. The molecule has 0 fully saturated rings. The van der Waals surface area contributed by atoms with E-state index in [0.717, 1.165) is 11.1 Å². The lowest BCUT2D eigenvalue weighted by molar-refractivity contribution is -0.136. The largest absolute Gasteiger partial charge is 0.341 e. The van der Waals surface area contributed by atoms with Crippen LogP contribution in [0.25, 0.3) is 0 Å². The third-order valence-electron chi connectivity index (χ3n) is 4.54. The summed E-state index contributed by atoms with van der Waals surface area (Å²) in [5.74, 6) is -0.526. The number of hydrogen-bond acceptors (Lipinski definition) is 2. The van der Waals surface area contributed by atoms with Crippen LogP contribution in [0.15, 0.2) is 54.6 Å². The quantitative estimate of drug-likeness (QED) is 0.728. The third-order valence-corrected chi connectivity index (χ3v) is 4.54. The molecule has 0 bridgehead atoms. The third kappa shape index (κ3) is 6.20. The maximum Gasteiger partial charge on any atom is 0.249 e. The lowest BCUT2D eigenvalue weighted by atomic mass is 10.0. The van der Waals surface area contributed by atoms with E-state index >= 15 is 0 Å². The smallest absolute Gasteiger partial charge is 0.249 e. The highest BCUT2D eigenvalue weighted by Gasteiger charge is 2.25. The number of carbonyl (C=O) groups is 2. The number of carbonyl (C=O) groups excluding carboxylic acids is 2. The van der Waals surface area contributed by atoms with Gasteiger partial charge in [-0.2, -0.15) is 0 Å². The van der Waals surface area contributed by atoms with E-state index in [9.17, 15) is 14.0 Å². The predicted octanol–water partition coefficient (Wildman–Crippen LogP) is 3.87. The van der Waals surface area contributed by atoms with Gasteiger partial charge in [-0.1, -0.05) is 42.5 Å².